The molecule has 3 aromatic rings. The summed E-state index contributed by atoms with van der Waals surface area (Å²) < 4.78 is 6.94. The Kier molecular flexibility index (Phi) is 5.43. The van der Waals surface area contributed by atoms with Crippen LogP contribution in [0.4, 0.5) is 0 Å². The highest BCUT2D eigenvalue weighted by molar-refractivity contribution is 5.96. The largest absolute Gasteiger partial charge is 0.460 e. The quantitative estimate of drug-likeness (QED) is 0.695. The van der Waals surface area contributed by atoms with Crippen LogP contribution < -0.4 is 5.32 Å². The van der Waals surface area contributed by atoms with Gasteiger partial charge in [-0.1, -0.05) is 29.8 Å². The van der Waals surface area contributed by atoms with Gasteiger partial charge in [-0.2, -0.15) is 5.10 Å². The first kappa shape index (κ1) is 17.4. The standard InChI is InChI=1S/C20H19N3O3/c1-15-4-2-5-17(12-15)20(25)21-13-19(24)26-14-16-6-8-18(9-7-16)23-11-3-10-22-23/h2-12H,13-14H2,1H3,(H,21,25). The van der Waals surface area contributed by atoms with Crippen LogP contribution in [0.3, 0.4) is 0 Å². The third kappa shape index (κ3) is 4.57. The molecule has 0 spiro atoms. The lowest BCUT2D eigenvalue weighted by molar-refractivity contribution is -0.143. The van der Waals surface area contributed by atoms with Gasteiger partial charge in [0.1, 0.15) is 13.2 Å². The van der Waals surface area contributed by atoms with Crippen LogP contribution in [0.5, 0.6) is 0 Å². The molecule has 0 aliphatic heterocycles. The molecule has 132 valence electrons. The van der Waals surface area contributed by atoms with E-state index in [-0.39, 0.29) is 19.1 Å². The number of hydrogen-bond acceptors (Lipinski definition) is 4. The lowest BCUT2D eigenvalue weighted by Crippen LogP contribution is -2.30. The molecule has 0 radical (unpaired) electrons. The van der Waals surface area contributed by atoms with Crippen molar-refractivity contribution in [3.63, 3.8) is 0 Å². The first-order valence-electron chi connectivity index (χ1n) is 8.21. The van der Waals surface area contributed by atoms with Crippen LogP contribution >= 0.6 is 0 Å². The van der Waals surface area contributed by atoms with Crippen LogP contribution in [-0.4, -0.2) is 28.2 Å². The molecular formula is C20H19N3O3. The van der Waals surface area contributed by atoms with Crippen molar-refractivity contribution in [2.45, 2.75) is 13.5 Å². The summed E-state index contributed by atoms with van der Waals surface area (Å²) in [6, 6.07) is 16.6. The van der Waals surface area contributed by atoms with Crippen molar-refractivity contribution in [1.82, 2.24) is 15.1 Å². The van der Waals surface area contributed by atoms with E-state index in [0.717, 1.165) is 16.8 Å². The van der Waals surface area contributed by atoms with E-state index in [1.54, 1.807) is 29.1 Å². The van der Waals surface area contributed by atoms with E-state index in [2.05, 4.69) is 10.4 Å². The number of aryl methyl sites for hydroxylation is 1. The summed E-state index contributed by atoms with van der Waals surface area (Å²) in [6.45, 7) is 1.89. The summed E-state index contributed by atoms with van der Waals surface area (Å²) in [5, 5.41) is 6.72. The first-order valence-corrected chi connectivity index (χ1v) is 8.21. The maximum Gasteiger partial charge on any atom is 0.325 e. The van der Waals surface area contributed by atoms with Gasteiger partial charge in [-0.15, -0.1) is 0 Å². The fraction of sp³-hybridized carbons (Fsp3) is 0.150. The minimum atomic E-state index is -0.484. The number of ether oxygens (including phenoxy) is 1. The molecule has 0 saturated carbocycles. The highest BCUT2D eigenvalue weighted by Gasteiger charge is 2.09. The Morgan fingerprint density at radius 1 is 1.12 bits per heavy atom. The molecule has 0 aliphatic rings. The number of benzene rings is 2. The van der Waals surface area contributed by atoms with Crippen molar-refractivity contribution in [3.05, 3.63) is 83.7 Å². The van der Waals surface area contributed by atoms with Crippen LogP contribution in [0.25, 0.3) is 5.69 Å². The van der Waals surface area contributed by atoms with Gasteiger partial charge in [-0.25, -0.2) is 4.68 Å². The van der Waals surface area contributed by atoms with Gasteiger partial charge in [-0.3, -0.25) is 9.59 Å². The highest BCUT2D eigenvalue weighted by atomic mass is 16.5. The van der Waals surface area contributed by atoms with Gasteiger partial charge in [0.15, 0.2) is 0 Å². The topological polar surface area (TPSA) is 73.2 Å². The van der Waals surface area contributed by atoms with Crippen LogP contribution in [0.2, 0.25) is 0 Å². The third-order valence-electron chi connectivity index (χ3n) is 3.78. The second-order valence-electron chi connectivity index (χ2n) is 5.83. The Bertz CT molecular complexity index is 887. The van der Waals surface area contributed by atoms with E-state index in [4.69, 9.17) is 4.74 Å². The Balaban J connectivity index is 1.46. The van der Waals surface area contributed by atoms with Crippen molar-refractivity contribution in [2.24, 2.45) is 0 Å². The van der Waals surface area contributed by atoms with E-state index >= 15 is 0 Å². The number of aromatic nitrogens is 2. The number of esters is 1. The number of rotatable bonds is 6. The molecule has 26 heavy (non-hydrogen) atoms. The zero-order valence-electron chi connectivity index (χ0n) is 14.4. The van der Waals surface area contributed by atoms with Crippen molar-refractivity contribution < 1.29 is 14.3 Å². The van der Waals surface area contributed by atoms with Gasteiger partial charge in [0, 0.05) is 18.0 Å². The Morgan fingerprint density at radius 2 is 1.92 bits per heavy atom. The zero-order valence-corrected chi connectivity index (χ0v) is 14.4. The SMILES string of the molecule is Cc1cccc(C(=O)NCC(=O)OCc2ccc(-n3cccn3)cc2)c1. The van der Waals surface area contributed by atoms with Gasteiger partial charge >= 0.3 is 5.97 Å². The second-order valence-corrected chi connectivity index (χ2v) is 5.83. The lowest BCUT2D eigenvalue weighted by Gasteiger charge is -2.08. The summed E-state index contributed by atoms with van der Waals surface area (Å²) in [6.07, 6.45) is 3.56. The monoisotopic (exact) mass is 349 g/mol. The average Bonchev–Trinajstić information content (AvgIpc) is 3.19. The van der Waals surface area contributed by atoms with Gasteiger partial charge < -0.3 is 10.1 Å². The fourth-order valence-electron chi connectivity index (χ4n) is 2.42. The van der Waals surface area contributed by atoms with Crippen LogP contribution in [-0.2, 0) is 16.1 Å². The molecule has 0 fully saturated rings. The molecule has 3 rings (SSSR count). The number of nitrogens with zero attached hydrogens (tertiary/aromatic N) is 2. The smallest absolute Gasteiger partial charge is 0.325 e. The van der Waals surface area contributed by atoms with Crippen LogP contribution in [0, 0.1) is 6.92 Å². The van der Waals surface area contributed by atoms with E-state index in [1.807, 2.05) is 49.5 Å². The molecule has 2 aromatic carbocycles. The predicted molar refractivity (Wildman–Crippen MR) is 96.9 cm³/mol. The number of carbonyl (C=O) groups excluding carboxylic acids is 2. The molecule has 1 N–H and O–H groups in total. The predicted octanol–water partition coefficient (Wildman–Crippen LogP) is 2.65. The van der Waals surface area contributed by atoms with E-state index in [1.165, 1.54) is 0 Å². The summed E-state index contributed by atoms with van der Waals surface area (Å²) in [5.41, 5.74) is 3.29. The molecule has 0 bridgehead atoms. The molecule has 0 unspecified atom stereocenters. The molecule has 1 aromatic heterocycles. The molecule has 6 nitrogen and oxygen atoms in total. The van der Waals surface area contributed by atoms with E-state index in [9.17, 15) is 9.59 Å². The Labute approximate surface area is 151 Å². The van der Waals surface area contributed by atoms with Crippen LogP contribution in [0.15, 0.2) is 67.0 Å². The van der Waals surface area contributed by atoms with Crippen LogP contribution in [0.1, 0.15) is 21.5 Å². The molecule has 0 atom stereocenters. The summed E-state index contributed by atoms with van der Waals surface area (Å²) >= 11 is 0. The van der Waals surface area contributed by atoms with Gasteiger partial charge in [-0.05, 0) is 42.8 Å². The maximum absolute atomic E-state index is 12.0. The van der Waals surface area contributed by atoms with Crippen molar-refractivity contribution >= 4 is 11.9 Å². The summed E-state index contributed by atoms with van der Waals surface area (Å²) in [5.74, 6) is -0.781. The van der Waals surface area contributed by atoms with Gasteiger partial charge in [0.2, 0.25) is 0 Å². The van der Waals surface area contributed by atoms with Crippen molar-refractivity contribution in [3.8, 4) is 5.69 Å². The molecule has 1 heterocycles. The summed E-state index contributed by atoms with van der Waals surface area (Å²) in [4.78, 5) is 23.8. The summed E-state index contributed by atoms with van der Waals surface area (Å²) in [7, 11) is 0. The number of nitrogens with one attached hydrogen (secondary N) is 1. The van der Waals surface area contributed by atoms with Crippen molar-refractivity contribution in [1.29, 1.82) is 0 Å². The number of hydrogen-bond donors (Lipinski definition) is 1. The van der Waals surface area contributed by atoms with Gasteiger partial charge in [0.25, 0.3) is 5.91 Å². The van der Waals surface area contributed by atoms with E-state index in [0.29, 0.717) is 5.56 Å². The first-order chi connectivity index (χ1) is 12.6. The van der Waals surface area contributed by atoms with Crippen molar-refractivity contribution in [2.75, 3.05) is 6.54 Å². The average molecular weight is 349 g/mol. The maximum atomic E-state index is 12.0. The van der Waals surface area contributed by atoms with Gasteiger partial charge in [0.05, 0.1) is 5.69 Å². The Hall–Kier alpha value is -3.41. The number of carbonyl (C=O) groups is 2. The number of amides is 1. The third-order valence-corrected chi connectivity index (χ3v) is 3.78. The molecule has 0 saturated heterocycles. The molecular weight excluding hydrogens is 330 g/mol. The second kappa shape index (κ2) is 8.11. The van der Waals surface area contributed by atoms with E-state index < -0.39 is 5.97 Å². The fourth-order valence-corrected chi connectivity index (χ4v) is 2.42. The minimum absolute atomic E-state index is 0.151. The Morgan fingerprint density at radius 3 is 2.62 bits per heavy atom. The molecule has 1 amide bonds. The zero-order chi connectivity index (χ0) is 18.4. The highest BCUT2D eigenvalue weighted by Crippen LogP contribution is 2.09. The minimum Gasteiger partial charge on any atom is -0.460 e. The molecule has 0 aliphatic carbocycles. The lowest BCUT2D eigenvalue weighted by atomic mass is 10.1. The molecule has 6 heteroatoms. The normalized spacial score (nSPS) is 10.3.